The predicted octanol–water partition coefficient (Wildman–Crippen LogP) is 4.78. The Hall–Kier alpha value is -3.40. The summed E-state index contributed by atoms with van der Waals surface area (Å²) in [6, 6.07) is 25.5. The van der Waals surface area contributed by atoms with Crippen LogP contribution in [0.5, 0.6) is 0 Å². The maximum atomic E-state index is 12.6. The van der Waals surface area contributed by atoms with Crippen LogP contribution >= 0.6 is 0 Å². The molecule has 0 heterocycles. The summed E-state index contributed by atoms with van der Waals surface area (Å²) < 4.78 is 0. The van der Waals surface area contributed by atoms with E-state index in [1.54, 1.807) is 0 Å². The van der Waals surface area contributed by atoms with Gasteiger partial charge in [-0.25, -0.2) is 4.79 Å². The van der Waals surface area contributed by atoms with Gasteiger partial charge in [-0.15, -0.1) is 0 Å². The average Bonchev–Trinajstić information content (AvgIpc) is 3.09. The number of carboxylic acids is 1. The minimum Gasteiger partial charge on any atom is -0.480 e. The SMILES string of the molecule is O=C(CCC1c2ccccc2-c2ccccc21)N[C@H](CCc1ccccc1)C(=O)O. The van der Waals surface area contributed by atoms with E-state index in [1.165, 1.54) is 22.3 Å². The van der Waals surface area contributed by atoms with Crippen LogP contribution in [0.3, 0.4) is 0 Å². The van der Waals surface area contributed by atoms with Crippen LogP contribution in [0.2, 0.25) is 0 Å². The fourth-order valence-corrected chi connectivity index (χ4v) is 4.33. The van der Waals surface area contributed by atoms with Crippen molar-refractivity contribution in [3.8, 4) is 11.1 Å². The van der Waals surface area contributed by atoms with Crippen molar-refractivity contribution >= 4 is 11.9 Å². The predicted molar refractivity (Wildman–Crippen MR) is 117 cm³/mol. The van der Waals surface area contributed by atoms with Crippen LogP contribution < -0.4 is 5.32 Å². The van der Waals surface area contributed by atoms with Crippen LogP contribution in [0.4, 0.5) is 0 Å². The molecule has 0 aromatic heterocycles. The molecule has 1 atom stereocenters. The molecule has 2 N–H and O–H groups in total. The Morgan fingerprint density at radius 3 is 2.00 bits per heavy atom. The van der Waals surface area contributed by atoms with Gasteiger partial charge in [0.15, 0.2) is 0 Å². The Labute approximate surface area is 176 Å². The number of carbonyl (C=O) groups is 2. The number of rotatable bonds is 8. The van der Waals surface area contributed by atoms with Crippen LogP contribution in [-0.4, -0.2) is 23.0 Å². The molecular formula is C26H25NO3. The third kappa shape index (κ3) is 4.28. The van der Waals surface area contributed by atoms with E-state index in [9.17, 15) is 14.7 Å². The standard InChI is InChI=1S/C26H25NO3/c28-25(27-24(26(29)30)16-14-18-8-2-1-3-9-18)17-15-23-21-12-6-4-10-19(21)20-11-5-7-13-22(20)23/h1-13,23-24H,14-17H2,(H,27,28)(H,29,30)/t24-/m1/s1. The van der Waals surface area contributed by atoms with Gasteiger partial charge in [0.1, 0.15) is 6.04 Å². The Balaban J connectivity index is 1.38. The van der Waals surface area contributed by atoms with Crippen LogP contribution in [0.1, 0.15) is 41.9 Å². The van der Waals surface area contributed by atoms with E-state index in [4.69, 9.17) is 0 Å². The second kappa shape index (κ2) is 8.95. The van der Waals surface area contributed by atoms with Crippen LogP contribution in [0.15, 0.2) is 78.9 Å². The first-order valence-electron chi connectivity index (χ1n) is 10.4. The highest BCUT2D eigenvalue weighted by atomic mass is 16.4. The average molecular weight is 399 g/mol. The van der Waals surface area contributed by atoms with Gasteiger partial charge in [-0.1, -0.05) is 78.9 Å². The first-order chi connectivity index (χ1) is 14.6. The largest absolute Gasteiger partial charge is 0.480 e. The lowest BCUT2D eigenvalue weighted by Gasteiger charge is -2.17. The van der Waals surface area contributed by atoms with Crippen molar-refractivity contribution in [2.75, 3.05) is 0 Å². The number of aliphatic carboxylic acids is 1. The van der Waals surface area contributed by atoms with Gasteiger partial charge in [0.05, 0.1) is 0 Å². The number of fused-ring (bicyclic) bond motifs is 3. The van der Waals surface area contributed by atoms with Gasteiger partial charge in [0.2, 0.25) is 5.91 Å². The maximum Gasteiger partial charge on any atom is 0.326 e. The molecule has 1 amide bonds. The summed E-state index contributed by atoms with van der Waals surface area (Å²) in [5, 5.41) is 12.2. The van der Waals surface area contributed by atoms with Crippen molar-refractivity contribution < 1.29 is 14.7 Å². The third-order valence-electron chi connectivity index (χ3n) is 5.82. The zero-order valence-corrected chi connectivity index (χ0v) is 16.8. The van der Waals surface area contributed by atoms with Crippen molar-refractivity contribution in [3.05, 3.63) is 95.6 Å². The molecule has 0 fully saturated rings. The first kappa shape index (κ1) is 19.9. The van der Waals surface area contributed by atoms with E-state index in [2.05, 4.69) is 29.6 Å². The van der Waals surface area contributed by atoms with Crippen molar-refractivity contribution in [1.82, 2.24) is 5.32 Å². The molecule has 0 unspecified atom stereocenters. The Morgan fingerprint density at radius 1 is 0.833 bits per heavy atom. The molecule has 1 aliphatic rings. The van der Waals surface area contributed by atoms with E-state index >= 15 is 0 Å². The summed E-state index contributed by atoms with van der Waals surface area (Å²) in [5.41, 5.74) is 6.00. The lowest BCUT2D eigenvalue weighted by Crippen LogP contribution is -2.41. The van der Waals surface area contributed by atoms with Gasteiger partial charge in [0, 0.05) is 12.3 Å². The molecule has 4 heteroatoms. The number of carbonyl (C=O) groups excluding carboxylic acids is 1. The Morgan fingerprint density at radius 2 is 1.40 bits per heavy atom. The lowest BCUT2D eigenvalue weighted by molar-refractivity contribution is -0.142. The second-order valence-electron chi connectivity index (χ2n) is 7.75. The Bertz CT molecular complexity index is 999. The lowest BCUT2D eigenvalue weighted by atomic mass is 9.92. The van der Waals surface area contributed by atoms with Gasteiger partial charge < -0.3 is 10.4 Å². The van der Waals surface area contributed by atoms with Crippen molar-refractivity contribution in [2.24, 2.45) is 0 Å². The van der Waals surface area contributed by atoms with Gasteiger partial charge >= 0.3 is 5.97 Å². The molecule has 4 nitrogen and oxygen atoms in total. The zero-order chi connectivity index (χ0) is 20.9. The number of hydrogen-bond acceptors (Lipinski definition) is 2. The molecule has 152 valence electrons. The van der Waals surface area contributed by atoms with Gasteiger partial charge in [-0.3, -0.25) is 4.79 Å². The molecule has 0 saturated heterocycles. The smallest absolute Gasteiger partial charge is 0.326 e. The second-order valence-corrected chi connectivity index (χ2v) is 7.75. The van der Waals surface area contributed by atoms with E-state index in [1.807, 2.05) is 54.6 Å². The van der Waals surface area contributed by atoms with E-state index in [0.717, 1.165) is 5.56 Å². The minimum absolute atomic E-state index is 0.163. The van der Waals surface area contributed by atoms with Gasteiger partial charge in [0.25, 0.3) is 0 Å². The molecular weight excluding hydrogens is 374 g/mol. The third-order valence-corrected chi connectivity index (χ3v) is 5.82. The number of carboxylic acid groups (broad SMARTS) is 1. The van der Waals surface area contributed by atoms with Crippen molar-refractivity contribution in [1.29, 1.82) is 0 Å². The zero-order valence-electron chi connectivity index (χ0n) is 16.8. The summed E-state index contributed by atoms with van der Waals surface area (Å²) in [6.07, 6.45) is 1.94. The first-order valence-corrected chi connectivity index (χ1v) is 10.4. The Kier molecular flexibility index (Phi) is 5.94. The summed E-state index contributed by atoms with van der Waals surface area (Å²) in [5.74, 6) is -1.04. The molecule has 4 rings (SSSR count). The molecule has 0 spiro atoms. The maximum absolute atomic E-state index is 12.6. The summed E-state index contributed by atoms with van der Waals surface area (Å²) in [6.45, 7) is 0. The van der Waals surface area contributed by atoms with Gasteiger partial charge in [-0.05, 0) is 47.1 Å². The molecule has 0 bridgehead atoms. The molecule has 3 aromatic carbocycles. The minimum atomic E-state index is -0.990. The fourth-order valence-electron chi connectivity index (χ4n) is 4.33. The molecule has 3 aromatic rings. The summed E-state index contributed by atoms with van der Waals surface area (Å²) in [4.78, 5) is 24.2. The topological polar surface area (TPSA) is 66.4 Å². The number of benzene rings is 3. The molecule has 30 heavy (non-hydrogen) atoms. The quantitative estimate of drug-likeness (QED) is 0.573. The normalized spacial score (nSPS) is 13.3. The number of hydrogen-bond donors (Lipinski definition) is 2. The van der Waals surface area contributed by atoms with Crippen LogP contribution in [-0.2, 0) is 16.0 Å². The molecule has 0 aliphatic heterocycles. The number of amides is 1. The summed E-state index contributed by atoms with van der Waals surface area (Å²) in [7, 11) is 0. The number of aryl methyl sites for hydroxylation is 1. The van der Waals surface area contributed by atoms with Crippen molar-refractivity contribution in [2.45, 2.75) is 37.6 Å². The van der Waals surface area contributed by atoms with Crippen LogP contribution in [0.25, 0.3) is 11.1 Å². The van der Waals surface area contributed by atoms with E-state index < -0.39 is 12.0 Å². The highest BCUT2D eigenvalue weighted by Gasteiger charge is 2.28. The van der Waals surface area contributed by atoms with E-state index in [-0.39, 0.29) is 11.8 Å². The van der Waals surface area contributed by atoms with Crippen molar-refractivity contribution in [3.63, 3.8) is 0 Å². The molecule has 0 saturated carbocycles. The summed E-state index contributed by atoms with van der Waals surface area (Å²) >= 11 is 0. The van der Waals surface area contributed by atoms with Gasteiger partial charge in [-0.2, -0.15) is 0 Å². The fraction of sp³-hybridized carbons (Fsp3) is 0.231. The monoisotopic (exact) mass is 399 g/mol. The van der Waals surface area contributed by atoms with E-state index in [0.29, 0.717) is 25.7 Å². The number of nitrogens with one attached hydrogen (secondary N) is 1. The van der Waals surface area contributed by atoms with Crippen LogP contribution in [0, 0.1) is 0 Å². The highest BCUT2D eigenvalue weighted by Crippen LogP contribution is 2.46. The molecule has 0 radical (unpaired) electrons. The molecule has 1 aliphatic carbocycles. The highest BCUT2D eigenvalue weighted by molar-refractivity contribution is 5.84.